The van der Waals surface area contributed by atoms with Crippen molar-refractivity contribution in [3.63, 3.8) is 0 Å². The molecule has 0 bridgehead atoms. The quantitative estimate of drug-likeness (QED) is 0.490. The van der Waals surface area contributed by atoms with Crippen LogP contribution in [0.25, 0.3) is 21.6 Å². The molecule has 0 aliphatic heterocycles. The van der Waals surface area contributed by atoms with Crippen LogP contribution in [0.15, 0.2) is 42.5 Å². The summed E-state index contributed by atoms with van der Waals surface area (Å²) in [5.74, 6) is 0.375. The number of rotatable bonds is 6. The zero-order chi connectivity index (χ0) is 21.3. The van der Waals surface area contributed by atoms with Crippen molar-refractivity contribution in [2.75, 3.05) is 24.3 Å². The van der Waals surface area contributed by atoms with E-state index < -0.39 is 5.91 Å². The molecule has 4 rings (SSSR count). The summed E-state index contributed by atoms with van der Waals surface area (Å²) in [5.41, 5.74) is 7.09. The molecule has 0 aliphatic carbocycles. The van der Waals surface area contributed by atoms with Gasteiger partial charge < -0.3 is 16.0 Å². The van der Waals surface area contributed by atoms with Crippen LogP contribution in [-0.4, -0.2) is 39.3 Å². The molecule has 10 heteroatoms. The predicted octanol–water partition coefficient (Wildman–Crippen LogP) is 3.06. The summed E-state index contributed by atoms with van der Waals surface area (Å²) in [4.78, 5) is 27.6. The molecular formula is C20H18FN7OS. The van der Waals surface area contributed by atoms with Gasteiger partial charge in [-0.1, -0.05) is 24.3 Å². The third kappa shape index (κ3) is 3.90. The number of carbonyl (C=O) groups is 1. The maximum Gasteiger partial charge on any atom is 0.250 e. The van der Waals surface area contributed by atoms with E-state index in [0.29, 0.717) is 40.2 Å². The summed E-state index contributed by atoms with van der Waals surface area (Å²) in [7, 11) is 3.65. The smallest absolute Gasteiger partial charge is 0.250 e. The van der Waals surface area contributed by atoms with E-state index in [1.54, 1.807) is 23.1 Å². The number of amides is 1. The SMILES string of the molecule is CN(C)c1nc(NCc2cccc(F)c2)nc(-c2snc3c(C(N)=O)cccc23)n1. The molecule has 0 radical (unpaired) electrons. The van der Waals surface area contributed by atoms with Gasteiger partial charge >= 0.3 is 0 Å². The van der Waals surface area contributed by atoms with Crippen molar-refractivity contribution in [2.45, 2.75) is 6.54 Å². The van der Waals surface area contributed by atoms with Crippen molar-refractivity contribution >= 4 is 40.2 Å². The van der Waals surface area contributed by atoms with Gasteiger partial charge in [0.15, 0.2) is 5.82 Å². The Morgan fingerprint density at radius 1 is 1.17 bits per heavy atom. The topological polar surface area (TPSA) is 110 Å². The third-order valence-corrected chi connectivity index (χ3v) is 5.20. The monoisotopic (exact) mass is 423 g/mol. The number of primary amides is 1. The molecule has 0 fully saturated rings. The van der Waals surface area contributed by atoms with Gasteiger partial charge in [0, 0.05) is 26.0 Å². The highest BCUT2D eigenvalue weighted by atomic mass is 32.1. The minimum absolute atomic E-state index is 0.305. The van der Waals surface area contributed by atoms with Crippen LogP contribution in [0.2, 0.25) is 0 Å². The largest absolute Gasteiger partial charge is 0.366 e. The molecule has 3 N–H and O–H groups in total. The Bertz CT molecular complexity index is 1240. The van der Waals surface area contributed by atoms with Gasteiger partial charge in [-0.25, -0.2) is 4.39 Å². The van der Waals surface area contributed by atoms with E-state index in [-0.39, 0.29) is 5.82 Å². The number of nitrogens with two attached hydrogens (primary N) is 1. The van der Waals surface area contributed by atoms with Crippen molar-refractivity contribution in [3.05, 3.63) is 59.4 Å². The third-order valence-electron chi connectivity index (χ3n) is 4.34. The van der Waals surface area contributed by atoms with Crippen LogP contribution in [0.3, 0.4) is 0 Å². The molecule has 30 heavy (non-hydrogen) atoms. The van der Waals surface area contributed by atoms with E-state index in [0.717, 1.165) is 10.9 Å². The van der Waals surface area contributed by atoms with Crippen LogP contribution < -0.4 is 16.0 Å². The lowest BCUT2D eigenvalue weighted by atomic mass is 10.1. The Kier molecular flexibility index (Phi) is 5.23. The van der Waals surface area contributed by atoms with E-state index in [2.05, 4.69) is 24.6 Å². The zero-order valence-corrected chi connectivity index (χ0v) is 17.1. The first kappa shape index (κ1) is 19.6. The second kappa shape index (κ2) is 7.99. The average Bonchev–Trinajstić information content (AvgIpc) is 3.16. The van der Waals surface area contributed by atoms with Crippen LogP contribution in [-0.2, 0) is 6.54 Å². The van der Waals surface area contributed by atoms with Crippen molar-refractivity contribution in [1.82, 2.24) is 19.3 Å². The van der Waals surface area contributed by atoms with Gasteiger partial charge in [0.1, 0.15) is 10.7 Å². The summed E-state index contributed by atoms with van der Waals surface area (Å²) < 4.78 is 17.8. The molecule has 8 nitrogen and oxygen atoms in total. The number of hydrogen-bond donors (Lipinski definition) is 2. The van der Waals surface area contributed by atoms with Gasteiger partial charge in [-0.2, -0.15) is 19.3 Å². The molecule has 0 saturated carbocycles. The van der Waals surface area contributed by atoms with Crippen LogP contribution in [0.1, 0.15) is 15.9 Å². The first-order valence-electron chi connectivity index (χ1n) is 9.02. The first-order chi connectivity index (χ1) is 14.4. The number of anilines is 2. The summed E-state index contributed by atoms with van der Waals surface area (Å²) in [5, 5.41) is 3.86. The van der Waals surface area contributed by atoms with Gasteiger partial charge in [-0.05, 0) is 35.3 Å². The second-order valence-electron chi connectivity index (χ2n) is 6.74. The average molecular weight is 423 g/mol. The Labute approximate surface area is 175 Å². The second-order valence-corrected chi connectivity index (χ2v) is 7.51. The Morgan fingerprint density at radius 2 is 1.97 bits per heavy atom. The lowest BCUT2D eigenvalue weighted by molar-refractivity contribution is 0.100. The summed E-state index contributed by atoms with van der Waals surface area (Å²) in [6.07, 6.45) is 0. The van der Waals surface area contributed by atoms with E-state index in [9.17, 15) is 9.18 Å². The molecule has 1 amide bonds. The molecule has 2 heterocycles. The number of halogens is 1. The minimum atomic E-state index is -0.542. The molecule has 0 spiro atoms. The van der Waals surface area contributed by atoms with E-state index in [4.69, 9.17) is 5.73 Å². The molecule has 152 valence electrons. The maximum atomic E-state index is 13.4. The standard InChI is InChI=1S/C20H18FN7OS/c1-28(2)20-25-18(16-13-7-4-8-14(17(22)29)15(13)27-30-16)24-19(26-20)23-10-11-5-3-6-12(21)9-11/h3-9H,10H2,1-2H3,(H2,22,29)(H,23,24,25,26). The summed E-state index contributed by atoms with van der Waals surface area (Å²) >= 11 is 1.19. The van der Waals surface area contributed by atoms with Gasteiger partial charge in [0.25, 0.3) is 5.91 Å². The van der Waals surface area contributed by atoms with Crippen LogP contribution in [0.5, 0.6) is 0 Å². The number of fused-ring (bicyclic) bond motifs is 1. The Balaban J connectivity index is 1.74. The fourth-order valence-corrected chi connectivity index (χ4v) is 3.71. The van der Waals surface area contributed by atoms with Crippen molar-refractivity contribution in [2.24, 2.45) is 5.73 Å². The fourth-order valence-electron chi connectivity index (χ4n) is 2.90. The molecule has 0 unspecified atom stereocenters. The minimum Gasteiger partial charge on any atom is -0.366 e. The normalized spacial score (nSPS) is 10.9. The highest BCUT2D eigenvalue weighted by Gasteiger charge is 2.18. The summed E-state index contributed by atoms with van der Waals surface area (Å²) in [6.45, 7) is 0.351. The number of benzene rings is 2. The molecule has 0 atom stereocenters. The molecular weight excluding hydrogens is 405 g/mol. The first-order valence-corrected chi connectivity index (χ1v) is 9.80. The molecule has 0 saturated heterocycles. The number of nitrogens with one attached hydrogen (secondary N) is 1. The van der Waals surface area contributed by atoms with Gasteiger partial charge in [0.2, 0.25) is 11.9 Å². The van der Waals surface area contributed by atoms with Crippen LogP contribution in [0, 0.1) is 5.82 Å². The van der Waals surface area contributed by atoms with Crippen molar-refractivity contribution in [3.8, 4) is 10.7 Å². The van der Waals surface area contributed by atoms with Crippen LogP contribution >= 0.6 is 11.5 Å². The van der Waals surface area contributed by atoms with E-state index in [1.807, 2.05) is 26.2 Å². The Hall–Kier alpha value is -3.66. The van der Waals surface area contributed by atoms with E-state index in [1.165, 1.54) is 23.7 Å². The lowest BCUT2D eigenvalue weighted by Gasteiger charge is -2.13. The summed E-state index contributed by atoms with van der Waals surface area (Å²) in [6, 6.07) is 11.5. The van der Waals surface area contributed by atoms with Crippen molar-refractivity contribution in [1.29, 1.82) is 0 Å². The number of hydrogen-bond acceptors (Lipinski definition) is 8. The van der Waals surface area contributed by atoms with Crippen LogP contribution in [0.4, 0.5) is 16.3 Å². The number of carbonyl (C=O) groups excluding carboxylic acids is 1. The number of nitrogens with zero attached hydrogens (tertiary/aromatic N) is 5. The Morgan fingerprint density at radius 3 is 2.70 bits per heavy atom. The highest BCUT2D eigenvalue weighted by molar-refractivity contribution is 7.11. The molecule has 2 aromatic heterocycles. The highest BCUT2D eigenvalue weighted by Crippen LogP contribution is 2.33. The predicted molar refractivity (Wildman–Crippen MR) is 115 cm³/mol. The fraction of sp³-hybridized carbons (Fsp3) is 0.150. The zero-order valence-electron chi connectivity index (χ0n) is 16.3. The van der Waals surface area contributed by atoms with Gasteiger partial charge in [-0.15, -0.1) is 0 Å². The van der Waals surface area contributed by atoms with Gasteiger partial charge in [-0.3, -0.25) is 4.79 Å². The molecule has 4 aromatic rings. The van der Waals surface area contributed by atoms with E-state index >= 15 is 0 Å². The molecule has 0 aliphatic rings. The molecule has 2 aromatic carbocycles. The van der Waals surface area contributed by atoms with Gasteiger partial charge in [0.05, 0.1) is 11.1 Å². The lowest BCUT2D eigenvalue weighted by Crippen LogP contribution is -2.16. The van der Waals surface area contributed by atoms with Crippen molar-refractivity contribution < 1.29 is 9.18 Å². The number of aromatic nitrogens is 4. The maximum absolute atomic E-state index is 13.4.